The monoisotopic (exact) mass is 207 g/mol. The number of nitrogens with zero attached hydrogens (tertiary/aromatic N) is 1. The van der Waals surface area contributed by atoms with Crippen LogP contribution < -0.4 is 0 Å². The molecule has 5 heteroatoms. The number of rotatable bonds is 5. The quantitative estimate of drug-likeness (QED) is 0.603. The van der Waals surface area contributed by atoms with Crippen molar-refractivity contribution in [2.75, 3.05) is 33.5 Å². The maximum Gasteiger partial charge on any atom is 0.264 e. The zero-order chi connectivity index (χ0) is 10.1. The van der Waals surface area contributed by atoms with Gasteiger partial charge in [0.25, 0.3) is 10.1 Å². The molecule has 0 amide bonds. The van der Waals surface area contributed by atoms with Gasteiger partial charge in [0.05, 0.1) is 12.9 Å². The van der Waals surface area contributed by atoms with Crippen LogP contribution in [-0.2, 0) is 14.3 Å². The van der Waals surface area contributed by atoms with Crippen molar-refractivity contribution >= 4 is 10.1 Å². The van der Waals surface area contributed by atoms with E-state index in [1.807, 2.05) is 14.1 Å². The Balaban J connectivity index is 2.15. The molecule has 78 valence electrons. The van der Waals surface area contributed by atoms with Crippen molar-refractivity contribution in [3.05, 3.63) is 0 Å². The van der Waals surface area contributed by atoms with E-state index < -0.39 is 10.1 Å². The van der Waals surface area contributed by atoms with Gasteiger partial charge in [-0.05, 0) is 32.4 Å². The third kappa shape index (κ3) is 4.59. The summed E-state index contributed by atoms with van der Waals surface area (Å²) < 4.78 is 26.0. The van der Waals surface area contributed by atoms with Crippen LogP contribution in [-0.4, -0.2) is 46.8 Å². The van der Waals surface area contributed by atoms with E-state index in [4.69, 9.17) is 4.18 Å². The van der Waals surface area contributed by atoms with Crippen LogP contribution in [0.2, 0.25) is 0 Å². The molecule has 0 heterocycles. The molecule has 0 radical (unpaired) electrons. The summed E-state index contributed by atoms with van der Waals surface area (Å²) in [5.41, 5.74) is 0. The normalized spacial score (nSPS) is 28.0. The van der Waals surface area contributed by atoms with Crippen molar-refractivity contribution in [1.29, 1.82) is 0 Å². The van der Waals surface area contributed by atoms with Crippen LogP contribution >= 0.6 is 0 Å². The van der Waals surface area contributed by atoms with Gasteiger partial charge in [-0.1, -0.05) is 0 Å². The Morgan fingerprint density at radius 1 is 1.38 bits per heavy atom. The highest BCUT2D eigenvalue weighted by Crippen LogP contribution is 2.38. The molecule has 1 rings (SSSR count). The van der Waals surface area contributed by atoms with E-state index in [1.165, 1.54) is 0 Å². The van der Waals surface area contributed by atoms with Gasteiger partial charge in [-0.3, -0.25) is 4.18 Å². The molecule has 4 nitrogen and oxygen atoms in total. The van der Waals surface area contributed by atoms with Crippen molar-refractivity contribution in [3.63, 3.8) is 0 Å². The molecule has 0 N–H and O–H groups in total. The highest BCUT2D eigenvalue weighted by atomic mass is 32.2. The summed E-state index contributed by atoms with van der Waals surface area (Å²) in [6.07, 6.45) is 2.18. The van der Waals surface area contributed by atoms with Crippen LogP contribution in [0.5, 0.6) is 0 Å². The van der Waals surface area contributed by atoms with Crippen LogP contribution in [0.25, 0.3) is 0 Å². The Kier molecular flexibility index (Phi) is 3.32. The van der Waals surface area contributed by atoms with E-state index in [2.05, 4.69) is 4.90 Å². The Labute approximate surface area is 80.0 Å². The second kappa shape index (κ2) is 3.94. The van der Waals surface area contributed by atoms with Gasteiger partial charge in [0.1, 0.15) is 0 Å². The molecule has 0 aromatic carbocycles. The summed E-state index contributed by atoms with van der Waals surface area (Å²) in [5.74, 6) is 1.06. The number of hydrogen-bond donors (Lipinski definition) is 0. The molecule has 1 aliphatic carbocycles. The number of hydrogen-bond acceptors (Lipinski definition) is 4. The van der Waals surface area contributed by atoms with Crippen molar-refractivity contribution in [2.45, 2.75) is 6.42 Å². The largest absolute Gasteiger partial charge is 0.309 e. The van der Waals surface area contributed by atoms with Crippen LogP contribution in [0.15, 0.2) is 0 Å². The molecule has 0 aliphatic heterocycles. The Morgan fingerprint density at radius 2 is 2.00 bits per heavy atom. The topological polar surface area (TPSA) is 46.6 Å². The third-order valence-corrected chi connectivity index (χ3v) is 2.73. The predicted octanol–water partition coefficient (Wildman–Crippen LogP) is 0.160. The predicted molar refractivity (Wildman–Crippen MR) is 50.9 cm³/mol. The average Bonchev–Trinajstić information content (AvgIpc) is 2.60. The zero-order valence-corrected chi connectivity index (χ0v) is 9.17. The maximum atomic E-state index is 10.7. The van der Waals surface area contributed by atoms with Gasteiger partial charge < -0.3 is 4.90 Å². The van der Waals surface area contributed by atoms with E-state index in [-0.39, 0.29) is 0 Å². The van der Waals surface area contributed by atoms with E-state index in [0.29, 0.717) is 18.4 Å². The molecule has 2 unspecified atom stereocenters. The standard InChI is InChI=1S/C8H17NO3S/c1-9(2)5-7-4-8(7)6-12-13(3,10)11/h7-8H,4-6H2,1-3H3. The molecule has 0 aromatic heterocycles. The first kappa shape index (κ1) is 10.9. The molecule has 0 aromatic rings. The van der Waals surface area contributed by atoms with E-state index >= 15 is 0 Å². The minimum Gasteiger partial charge on any atom is -0.309 e. The van der Waals surface area contributed by atoms with E-state index in [9.17, 15) is 8.42 Å². The second-order valence-electron chi connectivity index (χ2n) is 4.01. The van der Waals surface area contributed by atoms with Gasteiger partial charge in [0.2, 0.25) is 0 Å². The summed E-state index contributed by atoms with van der Waals surface area (Å²) in [4.78, 5) is 2.12. The van der Waals surface area contributed by atoms with Gasteiger partial charge in [0.15, 0.2) is 0 Å². The molecular formula is C8H17NO3S. The highest BCUT2D eigenvalue weighted by molar-refractivity contribution is 7.85. The van der Waals surface area contributed by atoms with Gasteiger partial charge in [-0.25, -0.2) is 0 Å². The van der Waals surface area contributed by atoms with Crippen molar-refractivity contribution < 1.29 is 12.6 Å². The van der Waals surface area contributed by atoms with E-state index in [0.717, 1.165) is 19.2 Å². The molecule has 0 spiro atoms. The fourth-order valence-electron chi connectivity index (χ4n) is 1.42. The molecule has 0 saturated heterocycles. The Hall–Kier alpha value is -0.130. The van der Waals surface area contributed by atoms with Crippen LogP contribution in [0.1, 0.15) is 6.42 Å². The first-order chi connectivity index (χ1) is 5.88. The average molecular weight is 207 g/mol. The van der Waals surface area contributed by atoms with Crippen molar-refractivity contribution in [1.82, 2.24) is 4.90 Å². The SMILES string of the molecule is CN(C)CC1CC1COS(C)(=O)=O. The van der Waals surface area contributed by atoms with Crippen LogP contribution in [0.4, 0.5) is 0 Å². The minimum atomic E-state index is -3.24. The summed E-state index contributed by atoms with van der Waals surface area (Å²) >= 11 is 0. The maximum absolute atomic E-state index is 10.7. The van der Waals surface area contributed by atoms with Crippen molar-refractivity contribution in [3.8, 4) is 0 Å². The molecule has 1 saturated carbocycles. The highest BCUT2D eigenvalue weighted by Gasteiger charge is 2.37. The van der Waals surface area contributed by atoms with Crippen LogP contribution in [0, 0.1) is 11.8 Å². The van der Waals surface area contributed by atoms with Gasteiger partial charge in [0, 0.05) is 6.54 Å². The molecule has 1 fully saturated rings. The summed E-state index contributed by atoms with van der Waals surface area (Å²) in [6, 6.07) is 0. The molecule has 13 heavy (non-hydrogen) atoms. The zero-order valence-electron chi connectivity index (χ0n) is 8.36. The minimum absolute atomic E-state index is 0.358. The Morgan fingerprint density at radius 3 is 2.46 bits per heavy atom. The fourth-order valence-corrected chi connectivity index (χ4v) is 1.84. The van der Waals surface area contributed by atoms with Gasteiger partial charge in [-0.15, -0.1) is 0 Å². The lowest BCUT2D eigenvalue weighted by atomic mass is 10.3. The smallest absolute Gasteiger partial charge is 0.264 e. The summed E-state index contributed by atoms with van der Waals surface area (Å²) in [5, 5.41) is 0. The lowest BCUT2D eigenvalue weighted by Gasteiger charge is -2.08. The molecule has 0 bridgehead atoms. The first-order valence-electron chi connectivity index (χ1n) is 4.37. The summed E-state index contributed by atoms with van der Waals surface area (Å²) in [7, 11) is 0.797. The lowest BCUT2D eigenvalue weighted by Crippen LogP contribution is -2.16. The van der Waals surface area contributed by atoms with Gasteiger partial charge >= 0.3 is 0 Å². The Bertz CT molecular complexity index is 261. The van der Waals surface area contributed by atoms with Crippen molar-refractivity contribution in [2.24, 2.45) is 11.8 Å². The second-order valence-corrected chi connectivity index (χ2v) is 5.65. The van der Waals surface area contributed by atoms with Crippen LogP contribution in [0.3, 0.4) is 0 Å². The molecular weight excluding hydrogens is 190 g/mol. The summed E-state index contributed by atoms with van der Waals surface area (Å²) in [6.45, 7) is 1.38. The fraction of sp³-hybridized carbons (Fsp3) is 1.00. The molecule has 1 aliphatic rings. The lowest BCUT2D eigenvalue weighted by molar-refractivity contribution is 0.287. The van der Waals surface area contributed by atoms with E-state index in [1.54, 1.807) is 0 Å². The van der Waals surface area contributed by atoms with Gasteiger partial charge in [-0.2, -0.15) is 8.42 Å². The molecule has 2 atom stereocenters. The third-order valence-electron chi connectivity index (χ3n) is 2.16. The first-order valence-corrected chi connectivity index (χ1v) is 6.19.